The Labute approximate surface area is 203 Å². The quantitative estimate of drug-likeness (QED) is 0.428. The van der Waals surface area contributed by atoms with Gasteiger partial charge in [-0.2, -0.15) is 4.31 Å². The van der Waals surface area contributed by atoms with Gasteiger partial charge in [-0.1, -0.05) is 36.4 Å². The molecule has 1 heterocycles. The van der Waals surface area contributed by atoms with Gasteiger partial charge in [-0.3, -0.25) is 4.79 Å². The first kappa shape index (κ1) is 24.5. The maximum atomic E-state index is 13.7. The van der Waals surface area contributed by atoms with Crippen molar-refractivity contribution in [1.29, 1.82) is 0 Å². The molecule has 0 unspecified atom stereocenters. The molecular weight excluding hydrogens is 474 g/mol. The zero-order chi connectivity index (χ0) is 24.8. The van der Waals surface area contributed by atoms with Crippen LogP contribution in [0.5, 0.6) is 17.2 Å². The first-order valence-electron chi connectivity index (χ1n) is 10.8. The predicted octanol–water partition coefficient (Wildman–Crippen LogP) is 3.28. The van der Waals surface area contributed by atoms with Crippen LogP contribution in [0.25, 0.3) is 0 Å². The molecule has 10 heteroatoms. The van der Waals surface area contributed by atoms with E-state index < -0.39 is 22.0 Å². The molecule has 0 bridgehead atoms. The third-order valence-electron chi connectivity index (χ3n) is 5.46. The average molecular weight is 500 g/mol. The number of aliphatic carboxylic acids is 1. The second kappa shape index (κ2) is 10.8. The number of nitrogens with zero attached hydrogens (tertiary/aromatic N) is 1. The van der Waals surface area contributed by atoms with E-state index in [0.717, 1.165) is 9.87 Å². The number of carboxylic acid groups (broad SMARTS) is 1. The van der Waals surface area contributed by atoms with Crippen molar-refractivity contribution in [3.63, 3.8) is 0 Å². The summed E-state index contributed by atoms with van der Waals surface area (Å²) in [6.07, 6.45) is 0. The Hall–Kier alpha value is -3.60. The van der Waals surface area contributed by atoms with Crippen LogP contribution in [0, 0.1) is 0 Å². The van der Waals surface area contributed by atoms with Gasteiger partial charge in [-0.25, -0.2) is 8.42 Å². The molecule has 0 radical (unpaired) electrons. The Morgan fingerprint density at radius 3 is 2.40 bits per heavy atom. The highest BCUT2D eigenvalue weighted by Crippen LogP contribution is 2.34. The van der Waals surface area contributed by atoms with Crippen LogP contribution in [0.15, 0.2) is 77.7 Å². The summed E-state index contributed by atoms with van der Waals surface area (Å²) in [5.74, 6) is 0.166. The second-order valence-electron chi connectivity index (χ2n) is 7.77. The molecule has 0 spiro atoms. The number of methoxy groups -OCH3 is 1. The Balaban J connectivity index is 1.64. The molecule has 0 aliphatic carbocycles. The van der Waals surface area contributed by atoms with E-state index in [4.69, 9.17) is 18.9 Å². The monoisotopic (exact) mass is 499 g/mol. The molecule has 0 amide bonds. The highest BCUT2D eigenvalue weighted by Gasteiger charge is 2.36. The maximum Gasteiger partial charge on any atom is 0.324 e. The first-order valence-corrected chi connectivity index (χ1v) is 12.2. The average Bonchev–Trinajstić information content (AvgIpc) is 3.34. The SMILES string of the molecule is COc1ccc(S(=O)(=O)N(Cc2ccc3c(c2)OCO3)[C@H](COCc2ccccc2)C(=O)O)cc1. The zero-order valence-electron chi connectivity index (χ0n) is 19.0. The van der Waals surface area contributed by atoms with Crippen molar-refractivity contribution in [2.75, 3.05) is 20.5 Å². The summed E-state index contributed by atoms with van der Waals surface area (Å²) < 4.78 is 49.7. The molecule has 184 valence electrons. The number of hydrogen-bond donors (Lipinski definition) is 1. The lowest BCUT2D eigenvalue weighted by Crippen LogP contribution is -2.47. The predicted molar refractivity (Wildman–Crippen MR) is 126 cm³/mol. The van der Waals surface area contributed by atoms with Gasteiger partial charge in [0.2, 0.25) is 16.8 Å². The van der Waals surface area contributed by atoms with E-state index >= 15 is 0 Å². The molecule has 0 fully saturated rings. The van der Waals surface area contributed by atoms with Crippen LogP contribution in [0.3, 0.4) is 0 Å². The third kappa shape index (κ3) is 5.73. The molecule has 3 aromatic carbocycles. The molecule has 1 aliphatic rings. The van der Waals surface area contributed by atoms with Crippen molar-refractivity contribution in [2.24, 2.45) is 0 Å². The Kier molecular flexibility index (Phi) is 7.54. The fourth-order valence-electron chi connectivity index (χ4n) is 3.61. The van der Waals surface area contributed by atoms with Crippen LogP contribution in [0.1, 0.15) is 11.1 Å². The van der Waals surface area contributed by atoms with Crippen LogP contribution >= 0.6 is 0 Å². The largest absolute Gasteiger partial charge is 0.497 e. The van der Waals surface area contributed by atoms with Gasteiger partial charge in [0.15, 0.2) is 11.5 Å². The van der Waals surface area contributed by atoms with E-state index in [9.17, 15) is 18.3 Å². The van der Waals surface area contributed by atoms with E-state index in [1.165, 1.54) is 31.4 Å². The lowest BCUT2D eigenvalue weighted by molar-refractivity contribution is -0.144. The first-order chi connectivity index (χ1) is 16.9. The molecule has 4 rings (SSSR count). The normalized spacial score (nSPS) is 13.5. The number of sulfonamides is 1. The van der Waals surface area contributed by atoms with Gasteiger partial charge in [0.05, 0.1) is 25.2 Å². The van der Waals surface area contributed by atoms with Crippen LogP contribution < -0.4 is 14.2 Å². The Bertz CT molecular complexity index is 1260. The van der Waals surface area contributed by atoms with Crippen molar-refractivity contribution in [3.8, 4) is 17.2 Å². The van der Waals surface area contributed by atoms with Crippen LogP contribution in [-0.4, -0.2) is 50.4 Å². The standard InChI is InChI=1S/C25H25NO8S/c1-31-20-8-10-21(11-9-20)35(29,30)26(14-19-7-12-23-24(13-19)34-17-33-23)22(25(27)28)16-32-15-18-5-3-2-4-6-18/h2-13,22H,14-17H2,1H3,(H,27,28)/t22-/m1/s1. The molecule has 35 heavy (non-hydrogen) atoms. The minimum Gasteiger partial charge on any atom is -0.497 e. The number of carbonyl (C=O) groups is 1. The van der Waals surface area contributed by atoms with E-state index in [2.05, 4.69) is 0 Å². The third-order valence-corrected chi connectivity index (χ3v) is 7.33. The molecule has 9 nitrogen and oxygen atoms in total. The highest BCUT2D eigenvalue weighted by atomic mass is 32.2. The van der Waals surface area contributed by atoms with Crippen LogP contribution in [0.4, 0.5) is 0 Å². The summed E-state index contributed by atoms with van der Waals surface area (Å²) in [6.45, 7) is -0.344. The summed E-state index contributed by atoms with van der Waals surface area (Å²) in [6, 6.07) is 18.5. The summed E-state index contributed by atoms with van der Waals surface area (Å²) in [7, 11) is -2.76. The van der Waals surface area contributed by atoms with Gasteiger partial charge in [0.25, 0.3) is 0 Å². The second-order valence-corrected chi connectivity index (χ2v) is 9.66. The van der Waals surface area contributed by atoms with Gasteiger partial charge in [0.1, 0.15) is 11.8 Å². The van der Waals surface area contributed by atoms with Crippen molar-refractivity contribution in [3.05, 3.63) is 83.9 Å². The van der Waals surface area contributed by atoms with E-state index in [-0.39, 0.29) is 31.4 Å². The van der Waals surface area contributed by atoms with E-state index in [1.807, 2.05) is 30.3 Å². The van der Waals surface area contributed by atoms with Gasteiger partial charge in [0, 0.05) is 6.54 Å². The molecule has 1 N–H and O–H groups in total. The number of fused-ring (bicyclic) bond motifs is 1. The smallest absolute Gasteiger partial charge is 0.324 e. The topological polar surface area (TPSA) is 112 Å². The number of carboxylic acids is 1. The summed E-state index contributed by atoms with van der Waals surface area (Å²) in [5, 5.41) is 10.0. The van der Waals surface area contributed by atoms with Crippen molar-refractivity contribution < 1.29 is 37.3 Å². The number of rotatable bonds is 11. The number of ether oxygens (including phenoxy) is 4. The number of hydrogen-bond acceptors (Lipinski definition) is 7. The fourth-order valence-corrected chi connectivity index (χ4v) is 5.16. The molecule has 0 saturated heterocycles. The van der Waals surface area contributed by atoms with Gasteiger partial charge < -0.3 is 24.1 Å². The highest BCUT2D eigenvalue weighted by molar-refractivity contribution is 7.89. The lowest BCUT2D eigenvalue weighted by Gasteiger charge is -2.28. The van der Waals surface area contributed by atoms with E-state index in [0.29, 0.717) is 22.8 Å². The molecule has 0 saturated carbocycles. The maximum absolute atomic E-state index is 13.7. The van der Waals surface area contributed by atoms with Crippen LogP contribution in [0.2, 0.25) is 0 Å². The van der Waals surface area contributed by atoms with Gasteiger partial charge >= 0.3 is 5.97 Å². The van der Waals surface area contributed by atoms with Crippen molar-refractivity contribution >= 4 is 16.0 Å². The molecular formula is C25H25NO8S. The van der Waals surface area contributed by atoms with Crippen molar-refractivity contribution in [1.82, 2.24) is 4.31 Å². The zero-order valence-corrected chi connectivity index (χ0v) is 19.8. The minimum absolute atomic E-state index is 0.0617. The summed E-state index contributed by atoms with van der Waals surface area (Å²) >= 11 is 0. The fraction of sp³-hybridized carbons (Fsp3) is 0.240. The minimum atomic E-state index is -4.23. The van der Waals surface area contributed by atoms with Gasteiger partial charge in [-0.05, 0) is 47.5 Å². The molecule has 3 aromatic rings. The lowest BCUT2D eigenvalue weighted by atomic mass is 10.2. The van der Waals surface area contributed by atoms with Crippen LogP contribution in [-0.2, 0) is 32.7 Å². The Morgan fingerprint density at radius 2 is 1.71 bits per heavy atom. The molecule has 1 aliphatic heterocycles. The summed E-state index contributed by atoms with van der Waals surface area (Å²) in [5.41, 5.74) is 1.39. The molecule has 0 aromatic heterocycles. The number of benzene rings is 3. The van der Waals surface area contributed by atoms with E-state index in [1.54, 1.807) is 18.2 Å². The summed E-state index contributed by atoms with van der Waals surface area (Å²) in [4.78, 5) is 12.2. The molecule has 1 atom stereocenters. The van der Waals surface area contributed by atoms with Gasteiger partial charge in [-0.15, -0.1) is 0 Å². The van der Waals surface area contributed by atoms with Crippen molar-refractivity contribution in [2.45, 2.75) is 24.1 Å². The Morgan fingerprint density at radius 1 is 1.00 bits per heavy atom.